The van der Waals surface area contributed by atoms with E-state index in [1.165, 1.54) is 12.8 Å². The third-order valence-corrected chi connectivity index (χ3v) is 4.61. The Balaban J connectivity index is 1.69. The first-order valence-corrected chi connectivity index (χ1v) is 7.80. The molecule has 0 bridgehead atoms. The average Bonchev–Trinajstić information content (AvgIpc) is 2.41. The summed E-state index contributed by atoms with van der Waals surface area (Å²) in [4.78, 5) is 14.2. The standard InChI is InChI=1S/C15H28N2O2/c1-12-4-6-14(7-5-12)16-15(19)10-17-8-2-3-13(9-17)11-18/h12-14,18H,2-11H2,1H3,(H,16,19). The van der Waals surface area contributed by atoms with Crippen LogP contribution in [0.3, 0.4) is 0 Å². The van der Waals surface area contributed by atoms with Gasteiger partial charge in [-0.25, -0.2) is 0 Å². The van der Waals surface area contributed by atoms with E-state index in [1.54, 1.807) is 0 Å². The predicted octanol–water partition coefficient (Wildman–Crippen LogP) is 1.39. The summed E-state index contributed by atoms with van der Waals surface area (Å²) in [5.41, 5.74) is 0. The van der Waals surface area contributed by atoms with E-state index < -0.39 is 0 Å². The van der Waals surface area contributed by atoms with Gasteiger partial charge in [-0.3, -0.25) is 9.69 Å². The molecule has 1 amide bonds. The molecule has 2 rings (SSSR count). The van der Waals surface area contributed by atoms with E-state index in [9.17, 15) is 9.90 Å². The lowest BCUT2D eigenvalue weighted by atomic mass is 9.87. The van der Waals surface area contributed by atoms with E-state index in [1.807, 2.05) is 0 Å². The Hall–Kier alpha value is -0.610. The van der Waals surface area contributed by atoms with Crippen LogP contribution in [0.25, 0.3) is 0 Å². The summed E-state index contributed by atoms with van der Waals surface area (Å²) in [7, 11) is 0. The average molecular weight is 268 g/mol. The Morgan fingerprint density at radius 1 is 1.26 bits per heavy atom. The molecule has 4 nitrogen and oxygen atoms in total. The Labute approximate surface area is 116 Å². The summed E-state index contributed by atoms with van der Waals surface area (Å²) in [6.07, 6.45) is 6.93. The molecule has 2 aliphatic rings. The van der Waals surface area contributed by atoms with Gasteiger partial charge in [0.15, 0.2) is 0 Å². The molecule has 1 saturated carbocycles. The summed E-state index contributed by atoms with van der Waals surface area (Å²) in [6, 6.07) is 0.391. The molecule has 2 fully saturated rings. The van der Waals surface area contributed by atoms with Gasteiger partial charge >= 0.3 is 0 Å². The van der Waals surface area contributed by atoms with E-state index in [-0.39, 0.29) is 12.5 Å². The Morgan fingerprint density at radius 3 is 2.68 bits per heavy atom. The third kappa shape index (κ3) is 4.77. The molecule has 0 aromatic carbocycles. The van der Waals surface area contributed by atoms with Crippen molar-refractivity contribution in [3.63, 3.8) is 0 Å². The second-order valence-corrected chi connectivity index (χ2v) is 6.45. The highest BCUT2D eigenvalue weighted by molar-refractivity contribution is 5.78. The fourth-order valence-electron chi connectivity index (χ4n) is 3.32. The molecule has 2 N–H and O–H groups in total. The smallest absolute Gasteiger partial charge is 0.234 e. The summed E-state index contributed by atoms with van der Waals surface area (Å²) in [5, 5.41) is 12.4. The zero-order chi connectivity index (χ0) is 13.7. The molecule has 1 aliphatic carbocycles. The normalized spacial score (nSPS) is 33.1. The number of rotatable bonds is 4. The quantitative estimate of drug-likeness (QED) is 0.810. The Morgan fingerprint density at radius 2 is 2.00 bits per heavy atom. The van der Waals surface area contributed by atoms with Crippen molar-refractivity contribution < 1.29 is 9.90 Å². The van der Waals surface area contributed by atoms with Crippen LogP contribution in [0, 0.1) is 11.8 Å². The monoisotopic (exact) mass is 268 g/mol. The van der Waals surface area contributed by atoms with Gasteiger partial charge in [0, 0.05) is 19.2 Å². The number of nitrogens with zero attached hydrogens (tertiary/aromatic N) is 1. The van der Waals surface area contributed by atoms with Gasteiger partial charge < -0.3 is 10.4 Å². The topological polar surface area (TPSA) is 52.6 Å². The molecule has 1 aliphatic heterocycles. The molecule has 19 heavy (non-hydrogen) atoms. The maximum absolute atomic E-state index is 12.0. The van der Waals surface area contributed by atoms with E-state index >= 15 is 0 Å². The van der Waals surface area contributed by atoms with Crippen LogP contribution in [-0.2, 0) is 4.79 Å². The van der Waals surface area contributed by atoms with Crippen molar-refractivity contribution in [3.05, 3.63) is 0 Å². The molecule has 0 radical (unpaired) electrons. The number of carbonyl (C=O) groups is 1. The zero-order valence-corrected chi connectivity index (χ0v) is 12.1. The van der Waals surface area contributed by atoms with Gasteiger partial charge in [0.05, 0.1) is 6.54 Å². The first kappa shape index (κ1) is 14.8. The second-order valence-electron chi connectivity index (χ2n) is 6.45. The van der Waals surface area contributed by atoms with Crippen LogP contribution >= 0.6 is 0 Å². The molecule has 110 valence electrons. The minimum Gasteiger partial charge on any atom is -0.396 e. The number of aliphatic hydroxyl groups is 1. The van der Waals surface area contributed by atoms with Crippen LogP contribution < -0.4 is 5.32 Å². The number of amides is 1. The van der Waals surface area contributed by atoms with Crippen molar-refractivity contribution in [2.45, 2.75) is 51.5 Å². The zero-order valence-electron chi connectivity index (χ0n) is 12.1. The van der Waals surface area contributed by atoms with Crippen LogP contribution in [0.5, 0.6) is 0 Å². The summed E-state index contributed by atoms with van der Waals surface area (Å²) < 4.78 is 0. The number of likely N-dealkylation sites (tertiary alicyclic amines) is 1. The fraction of sp³-hybridized carbons (Fsp3) is 0.933. The summed E-state index contributed by atoms with van der Waals surface area (Å²) in [6.45, 7) is 4.90. The molecule has 4 heteroatoms. The second kappa shape index (κ2) is 7.25. The number of hydrogen-bond donors (Lipinski definition) is 2. The van der Waals surface area contributed by atoms with Gasteiger partial charge in [0.25, 0.3) is 0 Å². The molecular formula is C15H28N2O2. The highest BCUT2D eigenvalue weighted by Crippen LogP contribution is 2.23. The lowest BCUT2D eigenvalue weighted by Crippen LogP contribution is -2.46. The van der Waals surface area contributed by atoms with E-state index in [0.29, 0.717) is 18.5 Å². The molecule has 0 aromatic rings. The van der Waals surface area contributed by atoms with Crippen LogP contribution in [-0.4, -0.2) is 48.2 Å². The maximum Gasteiger partial charge on any atom is 0.234 e. The van der Waals surface area contributed by atoms with Crippen LogP contribution in [0.15, 0.2) is 0 Å². The van der Waals surface area contributed by atoms with Gasteiger partial charge in [-0.15, -0.1) is 0 Å². The fourth-order valence-corrected chi connectivity index (χ4v) is 3.32. The number of piperidine rings is 1. The highest BCUT2D eigenvalue weighted by atomic mass is 16.3. The molecule has 1 saturated heterocycles. The molecular weight excluding hydrogens is 240 g/mol. The van der Waals surface area contributed by atoms with E-state index in [0.717, 1.165) is 44.7 Å². The van der Waals surface area contributed by atoms with E-state index in [2.05, 4.69) is 17.1 Å². The Kier molecular flexibility index (Phi) is 5.64. The molecule has 0 aromatic heterocycles. The number of aliphatic hydroxyl groups excluding tert-OH is 1. The van der Waals surface area contributed by atoms with Crippen molar-refractivity contribution in [3.8, 4) is 0 Å². The summed E-state index contributed by atoms with van der Waals surface area (Å²) >= 11 is 0. The largest absolute Gasteiger partial charge is 0.396 e. The lowest BCUT2D eigenvalue weighted by molar-refractivity contribution is -0.123. The SMILES string of the molecule is CC1CCC(NC(=O)CN2CCCC(CO)C2)CC1. The van der Waals surface area contributed by atoms with Gasteiger partial charge in [0.1, 0.15) is 0 Å². The van der Waals surface area contributed by atoms with Crippen LogP contribution in [0.1, 0.15) is 45.4 Å². The van der Waals surface area contributed by atoms with Crippen LogP contribution in [0.2, 0.25) is 0 Å². The third-order valence-electron chi connectivity index (χ3n) is 4.61. The van der Waals surface area contributed by atoms with Crippen molar-refractivity contribution in [2.75, 3.05) is 26.2 Å². The maximum atomic E-state index is 12.0. The minimum absolute atomic E-state index is 0.165. The first-order chi connectivity index (χ1) is 9.17. The van der Waals surface area contributed by atoms with Gasteiger partial charge in [0.2, 0.25) is 5.91 Å². The minimum atomic E-state index is 0.165. The molecule has 0 spiro atoms. The van der Waals surface area contributed by atoms with Crippen LogP contribution in [0.4, 0.5) is 0 Å². The van der Waals surface area contributed by atoms with E-state index in [4.69, 9.17) is 0 Å². The van der Waals surface area contributed by atoms with Crippen molar-refractivity contribution in [1.29, 1.82) is 0 Å². The number of hydrogen-bond acceptors (Lipinski definition) is 3. The number of nitrogens with one attached hydrogen (secondary N) is 1. The van der Waals surface area contributed by atoms with Gasteiger partial charge in [-0.1, -0.05) is 6.92 Å². The van der Waals surface area contributed by atoms with Crippen molar-refractivity contribution >= 4 is 5.91 Å². The van der Waals surface area contributed by atoms with Crippen molar-refractivity contribution in [2.24, 2.45) is 11.8 Å². The summed E-state index contributed by atoms with van der Waals surface area (Å²) in [5.74, 6) is 1.34. The lowest BCUT2D eigenvalue weighted by Gasteiger charge is -2.32. The molecule has 1 heterocycles. The first-order valence-electron chi connectivity index (χ1n) is 7.80. The highest BCUT2D eigenvalue weighted by Gasteiger charge is 2.23. The van der Waals surface area contributed by atoms with Crippen molar-refractivity contribution in [1.82, 2.24) is 10.2 Å². The molecule has 1 atom stereocenters. The molecule has 1 unspecified atom stereocenters. The van der Waals surface area contributed by atoms with Gasteiger partial charge in [-0.2, -0.15) is 0 Å². The predicted molar refractivity (Wildman–Crippen MR) is 75.8 cm³/mol. The number of carbonyl (C=O) groups excluding carboxylic acids is 1. The Bertz CT molecular complexity index is 288. The van der Waals surface area contributed by atoms with Gasteiger partial charge in [-0.05, 0) is 56.9 Å².